The Hall–Kier alpha value is -1.39. The van der Waals surface area contributed by atoms with Crippen molar-refractivity contribution in [2.45, 2.75) is 19.1 Å². The van der Waals surface area contributed by atoms with Crippen molar-refractivity contribution < 1.29 is 14.3 Å². The van der Waals surface area contributed by atoms with Gasteiger partial charge in [0.15, 0.2) is 0 Å². The largest absolute Gasteiger partial charge is 0.372 e. The summed E-state index contributed by atoms with van der Waals surface area (Å²) >= 11 is 0. The topological polar surface area (TPSA) is 38.8 Å². The van der Waals surface area contributed by atoms with E-state index in [1.807, 2.05) is 35.2 Å². The molecule has 98 valence electrons. The maximum absolute atomic E-state index is 12.1. The van der Waals surface area contributed by atoms with Crippen LogP contribution in [-0.4, -0.2) is 43.7 Å². The van der Waals surface area contributed by atoms with E-state index >= 15 is 0 Å². The summed E-state index contributed by atoms with van der Waals surface area (Å²) in [6.07, 6.45) is -0.424. The summed E-state index contributed by atoms with van der Waals surface area (Å²) in [4.78, 5) is 13.9. The smallest absolute Gasteiger partial charge is 0.251 e. The number of amides is 1. The quantitative estimate of drug-likeness (QED) is 0.817. The number of methoxy groups -OCH3 is 1. The lowest BCUT2D eigenvalue weighted by Gasteiger charge is -2.34. The van der Waals surface area contributed by atoms with E-state index in [1.54, 1.807) is 14.0 Å². The Morgan fingerprint density at radius 1 is 1.44 bits per heavy atom. The summed E-state index contributed by atoms with van der Waals surface area (Å²) in [5.41, 5.74) is 1.11. The minimum Gasteiger partial charge on any atom is -0.372 e. The molecule has 18 heavy (non-hydrogen) atoms. The second-order valence-electron chi connectivity index (χ2n) is 4.43. The molecule has 1 aliphatic rings. The SMILES string of the molecule is COC(C)C(=O)N1CCOC(c2ccccc2)C1. The monoisotopic (exact) mass is 249 g/mol. The van der Waals surface area contributed by atoms with Crippen molar-refractivity contribution in [3.8, 4) is 0 Å². The van der Waals surface area contributed by atoms with Crippen molar-refractivity contribution in [3.63, 3.8) is 0 Å². The maximum atomic E-state index is 12.1. The average molecular weight is 249 g/mol. The van der Waals surface area contributed by atoms with Gasteiger partial charge in [0.2, 0.25) is 0 Å². The summed E-state index contributed by atoms with van der Waals surface area (Å²) in [6.45, 7) is 3.57. The molecule has 2 rings (SSSR count). The summed E-state index contributed by atoms with van der Waals surface area (Å²) < 4.78 is 10.8. The Labute approximate surface area is 107 Å². The highest BCUT2D eigenvalue weighted by molar-refractivity contribution is 5.80. The van der Waals surface area contributed by atoms with Crippen molar-refractivity contribution in [2.24, 2.45) is 0 Å². The minimum absolute atomic E-state index is 0.0294. The molecule has 0 saturated carbocycles. The summed E-state index contributed by atoms with van der Waals surface area (Å²) in [6, 6.07) is 9.99. The summed E-state index contributed by atoms with van der Waals surface area (Å²) in [7, 11) is 1.55. The molecule has 0 N–H and O–H groups in total. The molecule has 1 aromatic rings. The number of carbonyl (C=O) groups excluding carboxylic acids is 1. The van der Waals surface area contributed by atoms with Crippen molar-refractivity contribution in [1.82, 2.24) is 4.90 Å². The molecule has 4 nitrogen and oxygen atoms in total. The second kappa shape index (κ2) is 5.98. The normalized spacial score (nSPS) is 21.7. The lowest BCUT2D eigenvalue weighted by atomic mass is 10.1. The van der Waals surface area contributed by atoms with E-state index in [2.05, 4.69) is 0 Å². The Morgan fingerprint density at radius 2 is 2.17 bits per heavy atom. The molecule has 1 aliphatic heterocycles. The van der Waals surface area contributed by atoms with Gasteiger partial charge in [-0.15, -0.1) is 0 Å². The molecule has 0 aromatic heterocycles. The average Bonchev–Trinajstić information content (AvgIpc) is 2.46. The molecule has 2 unspecified atom stereocenters. The highest BCUT2D eigenvalue weighted by Crippen LogP contribution is 2.22. The number of hydrogen-bond donors (Lipinski definition) is 0. The van der Waals surface area contributed by atoms with Crippen LogP contribution >= 0.6 is 0 Å². The van der Waals surface area contributed by atoms with Gasteiger partial charge in [0.05, 0.1) is 13.2 Å². The lowest BCUT2D eigenvalue weighted by Crippen LogP contribution is -2.46. The molecule has 1 aromatic carbocycles. The van der Waals surface area contributed by atoms with Crippen LogP contribution < -0.4 is 0 Å². The fourth-order valence-electron chi connectivity index (χ4n) is 2.08. The first-order valence-electron chi connectivity index (χ1n) is 6.20. The van der Waals surface area contributed by atoms with Gasteiger partial charge in [-0.25, -0.2) is 0 Å². The molecular weight excluding hydrogens is 230 g/mol. The molecular formula is C14H19NO3. The zero-order valence-electron chi connectivity index (χ0n) is 10.8. The van der Waals surface area contributed by atoms with Crippen molar-refractivity contribution in [2.75, 3.05) is 26.8 Å². The van der Waals surface area contributed by atoms with Crippen LogP contribution in [-0.2, 0) is 14.3 Å². The van der Waals surface area contributed by atoms with Crippen LogP contribution in [0.1, 0.15) is 18.6 Å². The van der Waals surface area contributed by atoms with Crippen LogP contribution in [0.3, 0.4) is 0 Å². The van der Waals surface area contributed by atoms with Gasteiger partial charge in [-0.05, 0) is 12.5 Å². The van der Waals surface area contributed by atoms with E-state index in [1.165, 1.54) is 0 Å². The molecule has 1 heterocycles. The summed E-state index contributed by atoms with van der Waals surface area (Å²) in [5, 5.41) is 0. The highest BCUT2D eigenvalue weighted by Gasteiger charge is 2.27. The van der Waals surface area contributed by atoms with Crippen LogP contribution in [0.2, 0.25) is 0 Å². The van der Waals surface area contributed by atoms with E-state index in [0.29, 0.717) is 19.7 Å². The number of nitrogens with zero attached hydrogens (tertiary/aromatic N) is 1. The second-order valence-corrected chi connectivity index (χ2v) is 4.43. The van der Waals surface area contributed by atoms with Gasteiger partial charge < -0.3 is 14.4 Å². The Balaban J connectivity index is 2.03. The number of rotatable bonds is 3. The van der Waals surface area contributed by atoms with Gasteiger partial charge in [-0.3, -0.25) is 4.79 Å². The van der Waals surface area contributed by atoms with E-state index in [9.17, 15) is 4.79 Å². The van der Waals surface area contributed by atoms with Gasteiger partial charge in [0, 0.05) is 13.7 Å². The zero-order chi connectivity index (χ0) is 13.0. The van der Waals surface area contributed by atoms with Gasteiger partial charge in [-0.1, -0.05) is 30.3 Å². The minimum atomic E-state index is -0.389. The van der Waals surface area contributed by atoms with Gasteiger partial charge in [-0.2, -0.15) is 0 Å². The van der Waals surface area contributed by atoms with Crippen molar-refractivity contribution >= 4 is 5.91 Å². The molecule has 1 fully saturated rings. The summed E-state index contributed by atoms with van der Waals surface area (Å²) in [5.74, 6) is 0.0294. The van der Waals surface area contributed by atoms with Crippen LogP contribution in [0, 0.1) is 0 Å². The number of benzene rings is 1. The molecule has 1 saturated heterocycles. The third-order valence-electron chi connectivity index (χ3n) is 3.25. The van der Waals surface area contributed by atoms with Crippen LogP contribution in [0.15, 0.2) is 30.3 Å². The van der Waals surface area contributed by atoms with Crippen LogP contribution in [0.4, 0.5) is 0 Å². The first-order valence-corrected chi connectivity index (χ1v) is 6.20. The van der Waals surface area contributed by atoms with Crippen LogP contribution in [0.5, 0.6) is 0 Å². The third kappa shape index (κ3) is 2.89. The molecule has 0 spiro atoms. The van der Waals surface area contributed by atoms with E-state index < -0.39 is 0 Å². The predicted molar refractivity (Wildman–Crippen MR) is 68.2 cm³/mol. The van der Waals surface area contributed by atoms with Gasteiger partial charge >= 0.3 is 0 Å². The zero-order valence-corrected chi connectivity index (χ0v) is 10.8. The Morgan fingerprint density at radius 3 is 2.83 bits per heavy atom. The number of hydrogen-bond acceptors (Lipinski definition) is 3. The third-order valence-corrected chi connectivity index (χ3v) is 3.25. The van der Waals surface area contributed by atoms with E-state index in [0.717, 1.165) is 5.56 Å². The number of morpholine rings is 1. The van der Waals surface area contributed by atoms with Gasteiger partial charge in [0.25, 0.3) is 5.91 Å². The molecule has 0 bridgehead atoms. The number of carbonyl (C=O) groups is 1. The highest BCUT2D eigenvalue weighted by atomic mass is 16.5. The Kier molecular flexibility index (Phi) is 4.33. The maximum Gasteiger partial charge on any atom is 0.251 e. The van der Waals surface area contributed by atoms with Gasteiger partial charge in [0.1, 0.15) is 12.2 Å². The first kappa shape index (κ1) is 13.1. The molecule has 0 aliphatic carbocycles. The van der Waals surface area contributed by atoms with E-state index in [-0.39, 0.29) is 18.1 Å². The fourth-order valence-corrected chi connectivity index (χ4v) is 2.08. The molecule has 1 amide bonds. The van der Waals surface area contributed by atoms with Crippen molar-refractivity contribution in [3.05, 3.63) is 35.9 Å². The lowest BCUT2D eigenvalue weighted by molar-refractivity contribution is -0.148. The Bertz CT molecular complexity index is 393. The predicted octanol–water partition coefficient (Wildman–Crippen LogP) is 1.62. The molecule has 4 heteroatoms. The molecule has 2 atom stereocenters. The fraction of sp³-hybridized carbons (Fsp3) is 0.500. The molecule has 0 radical (unpaired) electrons. The first-order chi connectivity index (χ1) is 8.72. The van der Waals surface area contributed by atoms with Crippen LogP contribution in [0.25, 0.3) is 0 Å². The van der Waals surface area contributed by atoms with Crippen molar-refractivity contribution in [1.29, 1.82) is 0 Å². The standard InChI is InChI=1S/C14H19NO3/c1-11(17-2)14(16)15-8-9-18-13(10-15)12-6-4-3-5-7-12/h3-7,11,13H,8-10H2,1-2H3. The number of ether oxygens (including phenoxy) is 2. The van der Waals surface area contributed by atoms with E-state index in [4.69, 9.17) is 9.47 Å².